The van der Waals surface area contributed by atoms with E-state index >= 15 is 0 Å². The molecule has 0 amide bonds. The maximum Gasteiger partial charge on any atom is 0.0964 e. The summed E-state index contributed by atoms with van der Waals surface area (Å²) in [7, 11) is 0. The molecule has 3 nitrogen and oxygen atoms in total. The average Bonchev–Trinajstić information content (AvgIpc) is 3.74. The second-order valence-electron chi connectivity index (χ2n) is 14.4. The van der Waals surface area contributed by atoms with Crippen molar-refractivity contribution in [1.82, 2.24) is 9.55 Å². The number of benzene rings is 8. The first-order valence-electron chi connectivity index (χ1n) is 18.9. The summed E-state index contributed by atoms with van der Waals surface area (Å²) in [6, 6.07) is 59.7. The predicted octanol–water partition coefficient (Wildman–Crippen LogP) is 13.7. The first-order valence-corrected chi connectivity index (χ1v) is 18.9. The molecule has 0 radical (unpaired) electrons. The van der Waals surface area contributed by atoms with Crippen molar-refractivity contribution in [3.63, 3.8) is 0 Å². The standard InChI is InChI=1S/C52H35N3/c1-2-13-35-30-46-43(31-44(35)53)52-45(22-12-29-54-52)55(46)36-25-23-32(24-26-36)37-27-28-42-49-38(37)20-11-21-41(49)50-47(33-14-5-3-6-15-33)39-18-9-10-19-40(39)48(51(42)50)34-16-7-4-8-17-34/h2-31H,53H2,1H3/b13-2-. The first kappa shape index (κ1) is 31.3. The lowest BCUT2D eigenvalue weighted by Crippen LogP contribution is -1.95. The number of fused-ring (bicyclic) bond motifs is 7. The highest BCUT2D eigenvalue weighted by atomic mass is 15.0. The van der Waals surface area contributed by atoms with Gasteiger partial charge in [-0.05, 0) is 126 Å². The number of nitrogen functional groups attached to an aromatic ring is 1. The lowest BCUT2D eigenvalue weighted by Gasteiger charge is -2.20. The molecule has 3 heteroatoms. The van der Waals surface area contributed by atoms with Crippen LogP contribution in [0.5, 0.6) is 0 Å². The van der Waals surface area contributed by atoms with Crippen LogP contribution in [0.15, 0.2) is 176 Å². The predicted molar refractivity (Wildman–Crippen MR) is 233 cm³/mol. The Kier molecular flexibility index (Phi) is 6.92. The Morgan fingerprint density at radius 2 is 1.11 bits per heavy atom. The van der Waals surface area contributed by atoms with E-state index in [1.165, 1.54) is 77.2 Å². The van der Waals surface area contributed by atoms with E-state index in [0.29, 0.717) is 0 Å². The van der Waals surface area contributed by atoms with Crippen LogP contribution < -0.4 is 5.73 Å². The van der Waals surface area contributed by atoms with Gasteiger partial charge in [-0.15, -0.1) is 0 Å². The minimum atomic E-state index is 0.750. The number of nitrogens with zero attached hydrogens (tertiary/aromatic N) is 2. The molecule has 0 unspecified atom stereocenters. The van der Waals surface area contributed by atoms with Gasteiger partial charge in [0.1, 0.15) is 0 Å². The van der Waals surface area contributed by atoms with Crippen molar-refractivity contribution in [3.05, 3.63) is 182 Å². The van der Waals surface area contributed by atoms with Crippen molar-refractivity contribution in [1.29, 1.82) is 0 Å². The van der Waals surface area contributed by atoms with Crippen molar-refractivity contribution in [2.45, 2.75) is 6.92 Å². The van der Waals surface area contributed by atoms with E-state index in [-0.39, 0.29) is 0 Å². The molecule has 11 rings (SSSR count). The summed E-state index contributed by atoms with van der Waals surface area (Å²) in [5, 5.41) is 6.16. The van der Waals surface area contributed by atoms with Crippen molar-refractivity contribution >= 4 is 55.2 Å². The Morgan fingerprint density at radius 3 is 1.78 bits per heavy atom. The van der Waals surface area contributed by atoms with Crippen LogP contribution in [0.3, 0.4) is 0 Å². The molecule has 0 spiro atoms. The number of hydrogen-bond acceptors (Lipinski definition) is 2. The van der Waals surface area contributed by atoms with Gasteiger partial charge in [0.25, 0.3) is 0 Å². The van der Waals surface area contributed by atoms with Gasteiger partial charge in [0.2, 0.25) is 0 Å². The smallest absolute Gasteiger partial charge is 0.0964 e. The lowest BCUT2D eigenvalue weighted by atomic mass is 9.82. The second kappa shape index (κ2) is 12.2. The number of nitrogens with two attached hydrogens (primary N) is 1. The van der Waals surface area contributed by atoms with Crippen molar-refractivity contribution in [2.24, 2.45) is 0 Å². The van der Waals surface area contributed by atoms with Gasteiger partial charge in [0.05, 0.1) is 16.6 Å². The molecule has 10 aromatic rings. The Hall–Kier alpha value is -7.23. The lowest BCUT2D eigenvalue weighted by molar-refractivity contribution is 1.17. The van der Waals surface area contributed by atoms with E-state index in [2.05, 4.69) is 168 Å². The van der Waals surface area contributed by atoms with Gasteiger partial charge < -0.3 is 10.3 Å². The molecule has 258 valence electrons. The van der Waals surface area contributed by atoms with E-state index in [1.54, 1.807) is 0 Å². The Morgan fingerprint density at radius 1 is 0.491 bits per heavy atom. The summed E-state index contributed by atoms with van der Waals surface area (Å²) in [6.45, 7) is 2.02. The minimum Gasteiger partial charge on any atom is -0.398 e. The third-order valence-corrected chi connectivity index (χ3v) is 11.4. The van der Waals surface area contributed by atoms with Gasteiger partial charge in [0.15, 0.2) is 0 Å². The first-order chi connectivity index (χ1) is 27.2. The van der Waals surface area contributed by atoms with Crippen LogP contribution in [-0.2, 0) is 0 Å². The minimum absolute atomic E-state index is 0.750. The van der Waals surface area contributed by atoms with Crippen LogP contribution in [0, 0.1) is 0 Å². The number of aromatic nitrogens is 2. The highest BCUT2D eigenvalue weighted by Gasteiger charge is 2.31. The highest BCUT2D eigenvalue weighted by molar-refractivity contribution is 6.28. The Bertz CT molecular complexity index is 3100. The molecule has 0 atom stereocenters. The Balaban J connectivity index is 1.13. The topological polar surface area (TPSA) is 43.8 Å². The molecule has 0 saturated carbocycles. The van der Waals surface area contributed by atoms with E-state index in [9.17, 15) is 0 Å². The number of rotatable bonds is 5. The number of allylic oxidation sites excluding steroid dienone is 1. The van der Waals surface area contributed by atoms with Crippen LogP contribution in [0.2, 0.25) is 0 Å². The monoisotopic (exact) mass is 701 g/mol. The molecule has 0 aliphatic heterocycles. The van der Waals surface area contributed by atoms with Crippen LogP contribution in [-0.4, -0.2) is 9.55 Å². The van der Waals surface area contributed by atoms with Crippen LogP contribution >= 0.6 is 0 Å². The molecule has 0 saturated heterocycles. The van der Waals surface area contributed by atoms with Gasteiger partial charge in [-0.3, -0.25) is 4.98 Å². The molecule has 1 aliphatic rings. The molecule has 55 heavy (non-hydrogen) atoms. The summed E-state index contributed by atoms with van der Waals surface area (Å²) in [5.74, 6) is 0. The fourth-order valence-electron chi connectivity index (χ4n) is 9.16. The molecular weight excluding hydrogens is 667 g/mol. The largest absolute Gasteiger partial charge is 0.398 e. The van der Waals surface area contributed by atoms with Crippen molar-refractivity contribution in [2.75, 3.05) is 5.73 Å². The molecule has 2 aromatic heterocycles. The summed E-state index contributed by atoms with van der Waals surface area (Å²) >= 11 is 0. The van der Waals surface area contributed by atoms with E-state index in [0.717, 1.165) is 38.9 Å². The van der Waals surface area contributed by atoms with E-state index in [4.69, 9.17) is 10.7 Å². The number of anilines is 1. The molecule has 0 bridgehead atoms. The van der Waals surface area contributed by atoms with Crippen molar-refractivity contribution < 1.29 is 0 Å². The molecule has 1 aliphatic carbocycles. The average molecular weight is 702 g/mol. The molecule has 2 N–H and O–H groups in total. The van der Waals surface area contributed by atoms with Gasteiger partial charge in [-0.25, -0.2) is 0 Å². The normalized spacial score (nSPS) is 12.1. The van der Waals surface area contributed by atoms with Crippen molar-refractivity contribution in [3.8, 4) is 61.3 Å². The maximum atomic E-state index is 6.51. The zero-order valence-electron chi connectivity index (χ0n) is 30.3. The van der Waals surface area contributed by atoms with Crippen LogP contribution in [0.4, 0.5) is 5.69 Å². The number of pyridine rings is 1. The van der Waals surface area contributed by atoms with E-state index < -0.39 is 0 Å². The molecular formula is C52H35N3. The van der Waals surface area contributed by atoms with Gasteiger partial charge >= 0.3 is 0 Å². The third-order valence-electron chi connectivity index (χ3n) is 11.4. The summed E-state index contributed by atoms with van der Waals surface area (Å²) in [6.07, 6.45) is 5.95. The zero-order valence-corrected chi connectivity index (χ0v) is 30.3. The van der Waals surface area contributed by atoms with Gasteiger partial charge in [0, 0.05) is 23.0 Å². The van der Waals surface area contributed by atoms with Gasteiger partial charge in [-0.2, -0.15) is 0 Å². The van der Waals surface area contributed by atoms with Crippen LogP contribution in [0.25, 0.3) is 111 Å². The molecule has 8 aromatic carbocycles. The Labute approximate surface area is 319 Å². The second-order valence-corrected chi connectivity index (χ2v) is 14.4. The SMILES string of the molecule is C/C=C\c1cc2c(cc1N)c1ncccc1n2-c1ccc(-c2ccc3c4c(cccc24)-c2c-3c(-c3ccccc3)c3ccccc3c2-c2ccccc2)cc1. The van der Waals surface area contributed by atoms with E-state index in [1.807, 2.05) is 25.3 Å². The number of hydrogen-bond donors (Lipinski definition) is 1. The van der Waals surface area contributed by atoms with Crippen LogP contribution in [0.1, 0.15) is 12.5 Å². The molecule has 2 heterocycles. The quantitative estimate of drug-likeness (QED) is 0.182. The van der Waals surface area contributed by atoms with Gasteiger partial charge in [-0.1, -0.05) is 140 Å². The molecule has 0 fully saturated rings. The fourth-order valence-corrected chi connectivity index (χ4v) is 9.16. The summed E-state index contributed by atoms with van der Waals surface area (Å²) < 4.78 is 2.30. The maximum absolute atomic E-state index is 6.51. The fraction of sp³-hybridized carbons (Fsp3) is 0.0192. The highest BCUT2D eigenvalue weighted by Crippen LogP contribution is 2.58. The summed E-state index contributed by atoms with van der Waals surface area (Å²) in [4.78, 5) is 4.79. The third kappa shape index (κ3) is 4.60. The zero-order chi connectivity index (χ0) is 36.6. The summed E-state index contributed by atoms with van der Waals surface area (Å²) in [5.41, 5.74) is 25.1.